The van der Waals surface area contributed by atoms with Crippen LogP contribution in [0.2, 0.25) is 0 Å². The van der Waals surface area contributed by atoms with Gasteiger partial charge in [0.2, 0.25) is 0 Å². The van der Waals surface area contributed by atoms with Crippen LogP contribution in [0.25, 0.3) is 0 Å². The molecular weight excluding hydrogens is 341 g/mol. The maximum absolute atomic E-state index is 11.7. The second-order valence-electron chi connectivity index (χ2n) is 4.27. The molecule has 1 N–H and O–H groups in total. The summed E-state index contributed by atoms with van der Waals surface area (Å²) in [5, 5.41) is 3.29. The van der Waals surface area contributed by atoms with Crippen molar-refractivity contribution in [3.05, 3.63) is 27.3 Å². The Morgan fingerprint density at radius 3 is 2.83 bits per heavy atom. The summed E-state index contributed by atoms with van der Waals surface area (Å²) in [6.45, 7) is 4.17. The van der Waals surface area contributed by atoms with Crippen molar-refractivity contribution < 1.29 is 9.53 Å². The van der Waals surface area contributed by atoms with E-state index in [1.807, 2.05) is 12.1 Å². The predicted octanol–water partition coefficient (Wildman–Crippen LogP) is 3.74. The van der Waals surface area contributed by atoms with Crippen molar-refractivity contribution in [2.75, 3.05) is 12.4 Å². The molecule has 0 spiro atoms. The number of carbonyl (C=O) groups excluding carboxylic acids is 1. The molecule has 0 amide bonds. The molecule has 1 aromatic carbocycles. The van der Waals surface area contributed by atoms with Crippen molar-refractivity contribution in [1.29, 1.82) is 0 Å². The monoisotopic (exact) mass is 361 g/mol. The number of benzene rings is 1. The van der Waals surface area contributed by atoms with E-state index in [9.17, 15) is 4.79 Å². The lowest BCUT2D eigenvalue weighted by molar-refractivity contribution is -0.141. The zero-order valence-electron chi connectivity index (χ0n) is 11.1. The van der Waals surface area contributed by atoms with Gasteiger partial charge in [0.1, 0.15) is 6.04 Å². The van der Waals surface area contributed by atoms with Crippen molar-refractivity contribution in [2.45, 2.75) is 39.2 Å². The van der Waals surface area contributed by atoms with Gasteiger partial charge in [0.05, 0.1) is 7.11 Å². The second kappa shape index (κ2) is 7.61. The molecule has 1 unspecified atom stereocenters. The molecule has 0 fully saturated rings. The first kappa shape index (κ1) is 15.3. The fraction of sp³-hybridized carbons (Fsp3) is 0.500. The lowest BCUT2D eigenvalue weighted by atomic mass is 10.1. The highest BCUT2D eigenvalue weighted by Gasteiger charge is 2.19. The number of nitrogens with one attached hydrogen (secondary N) is 1. The van der Waals surface area contributed by atoms with Crippen LogP contribution in [0.4, 0.5) is 5.69 Å². The van der Waals surface area contributed by atoms with Crippen LogP contribution in [0.3, 0.4) is 0 Å². The lowest BCUT2D eigenvalue weighted by Crippen LogP contribution is -2.31. The van der Waals surface area contributed by atoms with Gasteiger partial charge in [-0.3, -0.25) is 0 Å². The fourth-order valence-electron chi connectivity index (χ4n) is 1.75. The molecule has 0 aromatic heterocycles. The number of unbranched alkanes of at least 4 members (excludes halogenated alkanes) is 1. The number of esters is 1. The van der Waals surface area contributed by atoms with Crippen LogP contribution < -0.4 is 5.32 Å². The smallest absolute Gasteiger partial charge is 0.328 e. The molecule has 0 aliphatic carbocycles. The van der Waals surface area contributed by atoms with Crippen LogP contribution in [0.1, 0.15) is 31.7 Å². The minimum Gasteiger partial charge on any atom is -0.467 e. The number of methoxy groups -OCH3 is 1. The van der Waals surface area contributed by atoms with Crippen molar-refractivity contribution >= 4 is 34.2 Å². The third-order valence-corrected chi connectivity index (χ3v) is 4.10. The number of anilines is 1. The van der Waals surface area contributed by atoms with Gasteiger partial charge in [-0.2, -0.15) is 0 Å². The summed E-state index contributed by atoms with van der Waals surface area (Å²) in [6, 6.07) is 5.79. The van der Waals surface area contributed by atoms with Gasteiger partial charge in [-0.1, -0.05) is 25.8 Å². The van der Waals surface area contributed by atoms with E-state index >= 15 is 0 Å². The van der Waals surface area contributed by atoms with Crippen LogP contribution in [0.5, 0.6) is 0 Å². The molecule has 0 heterocycles. The molecule has 3 nitrogen and oxygen atoms in total. The van der Waals surface area contributed by atoms with Gasteiger partial charge >= 0.3 is 5.97 Å². The van der Waals surface area contributed by atoms with E-state index in [1.165, 1.54) is 16.2 Å². The van der Waals surface area contributed by atoms with Crippen molar-refractivity contribution in [1.82, 2.24) is 0 Å². The molecule has 1 atom stereocenters. The summed E-state index contributed by atoms with van der Waals surface area (Å²) >= 11 is 2.30. The molecule has 0 saturated heterocycles. The molecule has 1 rings (SSSR count). The summed E-state index contributed by atoms with van der Waals surface area (Å²) in [6.07, 6.45) is 2.88. The molecule has 1 aromatic rings. The second-order valence-corrected chi connectivity index (χ2v) is 5.44. The number of halogens is 1. The number of ether oxygens (including phenoxy) is 1. The molecule has 0 bridgehead atoms. The number of rotatable bonds is 6. The topological polar surface area (TPSA) is 38.3 Å². The van der Waals surface area contributed by atoms with E-state index in [-0.39, 0.29) is 12.0 Å². The Kier molecular flexibility index (Phi) is 6.46. The summed E-state index contributed by atoms with van der Waals surface area (Å²) < 4.78 is 6.04. The van der Waals surface area contributed by atoms with E-state index in [2.05, 4.69) is 47.8 Å². The molecule has 100 valence electrons. The Morgan fingerprint density at radius 2 is 2.22 bits per heavy atom. The average molecular weight is 361 g/mol. The van der Waals surface area contributed by atoms with Crippen LogP contribution in [0.15, 0.2) is 18.2 Å². The highest BCUT2D eigenvalue weighted by molar-refractivity contribution is 14.1. The van der Waals surface area contributed by atoms with E-state index in [1.54, 1.807) is 0 Å². The third kappa shape index (κ3) is 4.15. The van der Waals surface area contributed by atoms with Crippen LogP contribution in [-0.2, 0) is 9.53 Å². The number of hydrogen-bond donors (Lipinski definition) is 1. The summed E-state index contributed by atoms with van der Waals surface area (Å²) in [5.41, 5.74) is 2.18. The first-order valence-corrected chi connectivity index (χ1v) is 7.27. The van der Waals surface area contributed by atoms with Gasteiger partial charge in [0, 0.05) is 9.26 Å². The largest absolute Gasteiger partial charge is 0.467 e. The van der Waals surface area contributed by atoms with Gasteiger partial charge < -0.3 is 10.1 Å². The van der Waals surface area contributed by atoms with E-state index in [0.29, 0.717) is 0 Å². The molecule has 0 saturated carbocycles. The highest BCUT2D eigenvalue weighted by atomic mass is 127. The Labute approximate surface area is 122 Å². The molecular formula is C14H20INO2. The fourth-order valence-corrected chi connectivity index (χ4v) is 2.25. The van der Waals surface area contributed by atoms with E-state index < -0.39 is 0 Å². The summed E-state index contributed by atoms with van der Waals surface area (Å²) in [5.74, 6) is -0.193. The van der Waals surface area contributed by atoms with Crippen LogP contribution in [0, 0.1) is 10.5 Å². The highest BCUT2D eigenvalue weighted by Crippen LogP contribution is 2.22. The van der Waals surface area contributed by atoms with Gasteiger partial charge in [-0.25, -0.2) is 4.79 Å². The summed E-state index contributed by atoms with van der Waals surface area (Å²) in [4.78, 5) is 11.7. The minimum atomic E-state index is -0.258. The number of carbonyl (C=O) groups is 1. The van der Waals surface area contributed by atoms with Crippen LogP contribution in [-0.4, -0.2) is 19.1 Å². The Balaban J connectivity index is 2.81. The minimum absolute atomic E-state index is 0.193. The third-order valence-electron chi connectivity index (χ3n) is 2.93. The van der Waals surface area contributed by atoms with Crippen LogP contribution >= 0.6 is 22.6 Å². The molecule has 0 radical (unpaired) electrons. The maximum atomic E-state index is 11.7. The van der Waals surface area contributed by atoms with E-state index in [4.69, 9.17) is 4.74 Å². The van der Waals surface area contributed by atoms with Crippen molar-refractivity contribution in [3.63, 3.8) is 0 Å². The first-order chi connectivity index (χ1) is 8.60. The van der Waals surface area contributed by atoms with Gasteiger partial charge in [-0.05, 0) is 53.6 Å². The molecule has 0 aliphatic rings. The Morgan fingerprint density at radius 1 is 1.50 bits per heavy atom. The molecule has 18 heavy (non-hydrogen) atoms. The predicted molar refractivity (Wildman–Crippen MR) is 82.8 cm³/mol. The zero-order valence-corrected chi connectivity index (χ0v) is 13.3. The van der Waals surface area contributed by atoms with E-state index in [0.717, 1.165) is 24.9 Å². The number of hydrogen-bond acceptors (Lipinski definition) is 3. The molecule has 4 heteroatoms. The first-order valence-electron chi connectivity index (χ1n) is 6.19. The van der Waals surface area contributed by atoms with Gasteiger partial charge in [0.25, 0.3) is 0 Å². The quantitative estimate of drug-likeness (QED) is 0.620. The average Bonchev–Trinajstić information content (AvgIpc) is 2.38. The van der Waals surface area contributed by atoms with Crippen molar-refractivity contribution in [2.24, 2.45) is 0 Å². The van der Waals surface area contributed by atoms with Gasteiger partial charge in [0.15, 0.2) is 0 Å². The molecule has 0 aliphatic heterocycles. The van der Waals surface area contributed by atoms with Crippen molar-refractivity contribution in [3.8, 4) is 0 Å². The lowest BCUT2D eigenvalue weighted by Gasteiger charge is -2.19. The Bertz CT molecular complexity index is 407. The normalized spacial score (nSPS) is 12.0. The Hall–Kier alpha value is -0.780. The maximum Gasteiger partial charge on any atom is 0.328 e. The van der Waals surface area contributed by atoms with Gasteiger partial charge in [-0.15, -0.1) is 0 Å². The summed E-state index contributed by atoms with van der Waals surface area (Å²) in [7, 11) is 1.44. The SMILES string of the molecule is CCCCC(Nc1cccc(I)c1C)C(=O)OC. The zero-order chi connectivity index (χ0) is 13.5. The standard InChI is InChI=1S/C14H20INO2/c1-4-5-8-13(14(17)18-3)16-12-9-6-7-11(15)10(12)2/h6-7,9,13,16H,4-5,8H2,1-3H3.